The lowest BCUT2D eigenvalue weighted by molar-refractivity contribution is -0.122. The smallest absolute Gasteiger partial charge is 0.123 e. The molecule has 3 fully saturated rings. The second kappa shape index (κ2) is 8.44. The van der Waals surface area contributed by atoms with Gasteiger partial charge in [-0.3, -0.25) is 0 Å². The molecule has 4 N–H and O–H groups in total. The Labute approximate surface area is 196 Å². The Morgan fingerprint density at radius 1 is 0.939 bits per heavy atom. The summed E-state index contributed by atoms with van der Waals surface area (Å²) in [5.41, 5.74) is 1.99. The molecule has 182 valence electrons. The lowest BCUT2D eigenvalue weighted by Crippen LogP contribution is -2.52. The Morgan fingerprint density at radius 3 is 2.39 bits per heavy atom. The number of hydrogen-bond donors (Lipinski definition) is 4. The summed E-state index contributed by atoms with van der Waals surface area (Å²) in [5, 5.41) is 43.1. The molecule has 4 aliphatic carbocycles. The fourth-order valence-electron chi connectivity index (χ4n) is 8.53. The van der Waals surface area contributed by atoms with Crippen LogP contribution in [0.2, 0.25) is 0 Å². The van der Waals surface area contributed by atoms with Gasteiger partial charge in [0.25, 0.3) is 0 Å². The first-order chi connectivity index (χ1) is 15.6. The van der Waals surface area contributed by atoms with Crippen molar-refractivity contribution in [2.75, 3.05) is 0 Å². The molecule has 0 spiro atoms. The molecule has 5 rings (SSSR count). The van der Waals surface area contributed by atoms with Crippen molar-refractivity contribution in [3.8, 4) is 0 Å². The third-order valence-electron chi connectivity index (χ3n) is 10.4. The second-order valence-corrected chi connectivity index (χ2v) is 11.9. The van der Waals surface area contributed by atoms with Crippen LogP contribution < -0.4 is 0 Å². The molecule has 0 aromatic heterocycles. The van der Waals surface area contributed by atoms with Crippen LogP contribution in [0.4, 0.5) is 4.39 Å². The van der Waals surface area contributed by atoms with E-state index in [9.17, 15) is 24.8 Å². The van der Waals surface area contributed by atoms with Gasteiger partial charge in [-0.05, 0) is 104 Å². The maximum absolute atomic E-state index is 13.3. The molecule has 4 aliphatic rings. The van der Waals surface area contributed by atoms with Crippen molar-refractivity contribution in [3.63, 3.8) is 0 Å². The van der Waals surface area contributed by atoms with Crippen LogP contribution in [0.1, 0.15) is 76.9 Å². The molecular formula is C28H39FO4. The number of allylic oxidation sites excluding steroid dienone is 1. The van der Waals surface area contributed by atoms with Gasteiger partial charge in [-0.1, -0.05) is 37.6 Å². The summed E-state index contributed by atoms with van der Waals surface area (Å²) in [6.07, 6.45) is 6.47. The Balaban J connectivity index is 1.35. The lowest BCUT2D eigenvalue weighted by Gasteiger charge is -2.58. The van der Waals surface area contributed by atoms with Crippen molar-refractivity contribution in [2.24, 2.45) is 34.5 Å². The Bertz CT molecular complexity index is 900. The molecule has 1 aromatic rings. The topological polar surface area (TPSA) is 80.9 Å². The molecule has 33 heavy (non-hydrogen) atoms. The highest BCUT2D eigenvalue weighted by Gasteiger charge is 2.60. The Hall–Kier alpha value is -1.27. The van der Waals surface area contributed by atoms with Crippen LogP contribution in [0.3, 0.4) is 0 Å². The zero-order valence-corrected chi connectivity index (χ0v) is 19.8. The molecule has 0 saturated heterocycles. The summed E-state index contributed by atoms with van der Waals surface area (Å²) in [4.78, 5) is 0. The van der Waals surface area contributed by atoms with E-state index in [0.29, 0.717) is 23.3 Å². The molecule has 0 heterocycles. The number of fused-ring (bicyclic) bond motifs is 5. The molecule has 1 aromatic carbocycles. The van der Waals surface area contributed by atoms with E-state index in [-0.39, 0.29) is 22.9 Å². The van der Waals surface area contributed by atoms with Crippen molar-refractivity contribution in [1.29, 1.82) is 0 Å². The summed E-state index contributed by atoms with van der Waals surface area (Å²) in [7, 11) is 0. The van der Waals surface area contributed by atoms with Gasteiger partial charge in [0.15, 0.2) is 0 Å². The number of aliphatic hydroxyl groups is 4. The number of aliphatic hydroxyl groups excluding tert-OH is 4. The SMILES string of the molecule is C[C@]12CC[C@H]3[C@@H](CC=C4C[C@@H](O)CC[C@@]43C)[C@@H]1CC[C@@H]2[C@H](O)[C@@H](O)[C@H](O)c1ccc(F)cc1. The summed E-state index contributed by atoms with van der Waals surface area (Å²) in [6.45, 7) is 4.70. The van der Waals surface area contributed by atoms with Crippen LogP contribution in [-0.4, -0.2) is 38.7 Å². The van der Waals surface area contributed by atoms with Crippen molar-refractivity contribution in [1.82, 2.24) is 0 Å². The maximum Gasteiger partial charge on any atom is 0.123 e. The Morgan fingerprint density at radius 2 is 1.67 bits per heavy atom. The molecule has 0 amide bonds. The predicted octanol–water partition coefficient (Wildman–Crippen LogP) is 4.52. The fraction of sp³-hybridized carbons (Fsp3) is 0.714. The molecule has 4 nitrogen and oxygen atoms in total. The third kappa shape index (κ3) is 3.71. The van der Waals surface area contributed by atoms with Crippen molar-refractivity contribution >= 4 is 0 Å². The zero-order valence-electron chi connectivity index (χ0n) is 19.8. The first-order valence-corrected chi connectivity index (χ1v) is 12.8. The van der Waals surface area contributed by atoms with Crippen LogP contribution in [-0.2, 0) is 0 Å². The van der Waals surface area contributed by atoms with Gasteiger partial charge in [-0.15, -0.1) is 0 Å². The highest BCUT2D eigenvalue weighted by Crippen LogP contribution is 2.66. The lowest BCUT2D eigenvalue weighted by atomic mass is 9.47. The summed E-state index contributed by atoms with van der Waals surface area (Å²) in [5.74, 6) is 1.22. The number of hydrogen-bond acceptors (Lipinski definition) is 4. The van der Waals surface area contributed by atoms with Gasteiger partial charge in [0.2, 0.25) is 0 Å². The maximum atomic E-state index is 13.3. The van der Waals surface area contributed by atoms with Gasteiger partial charge in [-0.2, -0.15) is 0 Å². The molecule has 5 heteroatoms. The predicted molar refractivity (Wildman–Crippen MR) is 125 cm³/mol. The van der Waals surface area contributed by atoms with E-state index in [1.807, 2.05) is 0 Å². The Kier molecular flexibility index (Phi) is 6.00. The van der Waals surface area contributed by atoms with E-state index >= 15 is 0 Å². The zero-order chi connectivity index (χ0) is 23.5. The second-order valence-electron chi connectivity index (χ2n) is 11.9. The van der Waals surface area contributed by atoms with Crippen LogP contribution in [0.5, 0.6) is 0 Å². The summed E-state index contributed by atoms with van der Waals surface area (Å²) < 4.78 is 13.3. The first kappa shape index (κ1) is 23.5. The standard InChI is InChI=1S/C28H39FO4/c1-27-13-11-19(30)15-17(27)5-8-20-21-9-10-23(28(21,2)14-12-22(20)27)25(32)26(33)24(31)16-3-6-18(29)7-4-16/h3-7,19-26,30-33H,8-15H2,1-2H3/t19-,20-,21-,22-,23+,24+,25-,26-,27-,28-/m0/s1. The van der Waals surface area contributed by atoms with E-state index in [1.165, 1.54) is 29.8 Å². The monoisotopic (exact) mass is 458 g/mol. The van der Waals surface area contributed by atoms with E-state index < -0.39 is 24.1 Å². The normalized spacial score (nSPS) is 43.0. The number of rotatable bonds is 4. The van der Waals surface area contributed by atoms with Gasteiger partial charge < -0.3 is 20.4 Å². The first-order valence-electron chi connectivity index (χ1n) is 12.8. The van der Waals surface area contributed by atoms with E-state index in [4.69, 9.17) is 0 Å². The average Bonchev–Trinajstić information content (AvgIpc) is 3.15. The number of halogens is 1. The van der Waals surface area contributed by atoms with E-state index in [1.54, 1.807) is 0 Å². The van der Waals surface area contributed by atoms with Crippen molar-refractivity contribution in [2.45, 2.75) is 89.6 Å². The van der Waals surface area contributed by atoms with Gasteiger partial charge >= 0.3 is 0 Å². The van der Waals surface area contributed by atoms with Crippen LogP contribution in [0, 0.1) is 40.3 Å². The summed E-state index contributed by atoms with van der Waals surface area (Å²) in [6, 6.07) is 5.46. The fourth-order valence-corrected chi connectivity index (χ4v) is 8.53. The van der Waals surface area contributed by atoms with Crippen molar-refractivity contribution in [3.05, 3.63) is 47.3 Å². The molecule has 0 radical (unpaired) electrons. The molecule has 0 bridgehead atoms. The van der Waals surface area contributed by atoms with Crippen LogP contribution in [0.15, 0.2) is 35.9 Å². The summed E-state index contributed by atoms with van der Waals surface area (Å²) >= 11 is 0. The van der Waals surface area contributed by atoms with Crippen LogP contribution >= 0.6 is 0 Å². The van der Waals surface area contributed by atoms with Gasteiger partial charge in [0.05, 0.1) is 12.2 Å². The van der Waals surface area contributed by atoms with E-state index in [2.05, 4.69) is 19.9 Å². The molecule has 0 unspecified atom stereocenters. The molecule has 0 aliphatic heterocycles. The molecule has 3 saturated carbocycles. The quantitative estimate of drug-likeness (QED) is 0.500. The largest absolute Gasteiger partial charge is 0.393 e. The minimum atomic E-state index is -1.30. The van der Waals surface area contributed by atoms with Gasteiger partial charge in [-0.25, -0.2) is 4.39 Å². The van der Waals surface area contributed by atoms with E-state index in [0.717, 1.165) is 51.4 Å². The average molecular weight is 459 g/mol. The molecular weight excluding hydrogens is 419 g/mol. The minimum Gasteiger partial charge on any atom is -0.393 e. The van der Waals surface area contributed by atoms with Crippen LogP contribution in [0.25, 0.3) is 0 Å². The molecule has 10 atom stereocenters. The minimum absolute atomic E-state index is 0.0695. The third-order valence-corrected chi connectivity index (χ3v) is 10.4. The van der Waals surface area contributed by atoms with Gasteiger partial charge in [0.1, 0.15) is 18.0 Å². The van der Waals surface area contributed by atoms with Gasteiger partial charge in [0, 0.05) is 0 Å². The highest BCUT2D eigenvalue weighted by molar-refractivity contribution is 5.26. The highest BCUT2D eigenvalue weighted by atomic mass is 19.1. The van der Waals surface area contributed by atoms with Crippen molar-refractivity contribution < 1.29 is 24.8 Å². The number of benzene rings is 1.